The summed E-state index contributed by atoms with van der Waals surface area (Å²) in [6, 6.07) is 1.88. The summed E-state index contributed by atoms with van der Waals surface area (Å²) in [5.41, 5.74) is -0.517. The van der Waals surface area contributed by atoms with Crippen LogP contribution < -0.4 is 0 Å². The second kappa shape index (κ2) is 5.45. The van der Waals surface area contributed by atoms with Crippen LogP contribution in [-0.4, -0.2) is 29.1 Å². The van der Waals surface area contributed by atoms with Gasteiger partial charge in [-0.25, -0.2) is 0 Å². The van der Waals surface area contributed by atoms with E-state index in [1.807, 2.05) is 13.0 Å². The molecule has 0 aromatic carbocycles. The zero-order valence-electron chi connectivity index (χ0n) is 10.5. The smallest absolute Gasteiger partial charge is 0.309 e. The normalized spacial score (nSPS) is 19.9. The van der Waals surface area contributed by atoms with Gasteiger partial charge in [0.05, 0.1) is 22.7 Å². The third-order valence-electron chi connectivity index (χ3n) is 4.00. The minimum absolute atomic E-state index is 0.517. The molecular weight excluding hydrogens is 298 g/mol. The molecule has 0 aliphatic carbocycles. The van der Waals surface area contributed by atoms with Crippen molar-refractivity contribution in [3.05, 3.63) is 22.6 Å². The van der Waals surface area contributed by atoms with E-state index in [1.54, 1.807) is 6.26 Å². The Hall–Kier alpha value is -0.810. The lowest BCUT2D eigenvalue weighted by molar-refractivity contribution is -0.152. The Morgan fingerprint density at radius 2 is 2.22 bits per heavy atom. The highest BCUT2D eigenvalue weighted by atomic mass is 79.9. The molecule has 1 saturated heterocycles. The molecule has 0 unspecified atom stereocenters. The first kappa shape index (κ1) is 13.6. The molecule has 1 fully saturated rings. The maximum atomic E-state index is 11.3. The van der Waals surface area contributed by atoms with Crippen molar-refractivity contribution in [3.63, 3.8) is 0 Å². The van der Waals surface area contributed by atoms with E-state index in [4.69, 9.17) is 4.42 Å². The fourth-order valence-corrected chi connectivity index (χ4v) is 2.83. The predicted molar refractivity (Wildman–Crippen MR) is 71.3 cm³/mol. The monoisotopic (exact) mass is 315 g/mol. The molecule has 0 atom stereocenters. The van der Waals surface area contributed by atoms with Crippen LogP contribution in [0.4, 0.5) is 0 Å². The lowest BCUT2D eigenvalue weighted by Gasteiger charge is -2.38. The van der Waals surface area contributed by atoms with E-state index in [0.29, 0.717) is 6.42 Å². The summed E-state index contributed by atoms with van der Waals surface area (Å²) in [6.07, 6.45) is 3.81. The van der Waals surface area contributed by atoms with Gasteiger partial charge in [0.25, 0.3) is 0 Å². The summed E-state index contributed by atoms with van der Waals surface area (Å²) in [7, 11) is 0. The van der Waals surface area contributed by atoms with Crippen LogP contribution >= 0.6 is 15.9 Å². The molecule has 100 valence electrons. The third-order valence-corrected chi connectivity index (χ3v) is 4.71. The van der Waals surface area contributed by atoms with Gasteiger partial charge >= 0.3 is 5.97 Å². The number of carboxylic acid groups (broad SMARTS) is 1. The molecular formula is C13H18BrNO3. The standard InChI is InChI=1S/C13H18BrNO3/c1-2-13(12(16)17)4-6-15(7-5-13)9-11-10(14)3-8-18-11/h3,8H,2,4-7,9H2,1H3,(H,16,17). The Morgan fingerprint density at radius 3 is 2.67 bits per heavy atom. The van der Waals surface area contributed by atoms with E-state index >= 15 is 0 Å². The second-order valence-electron chi connectivity index (χ2n) is 4.91. The molecule has 5 heteroatoms. The van der Waals surface area contributed by atoms with Gasteiger partial charge < -0.3 is 9.52 Å². The zero-order valence-corrected chi connectivity index (χ0v) is 12.1. The van der Waals surface area contributed by atoms with E-state index in [0.717, 1.165) is 42.7 Å². The first-order valence-electron chi connectivity index (χ1n) is 6.25. The van der Waals surface area contributed by atoms with Crippen LogP contribution in [0.25, 0.3) is 0 Å². The molecule has 1 aromatic heterocycles. The van der Waals surface area contributed by atoms with Gasteiger partial charge in [-0.15, -0.1) is 0 Å². The van der Waals surface area contributed by atoms with Crippen LogP contribution in [0.5, 0.6) is 0 Å². The Balaban J connectivity index is 1.94. The minimum atomic E-state index is -0.649. The van der Waals surface area contributed by atoms with Crippen LogP contribution in [-0.2, 0) is 11.3 Å². The molecule has 0 radical (unpaired) electrons. The molecule has 4 nitrogen and oxygen atoms in total. The van der Waals surface area contributed by atoms with Gasteiger partial charge in [0.2, 0.25) is 0 Å². The highest BCUT2D eigenvalue weighted by Crippen LogP contribution is 2.35. The second-order valence-corrected chi connectivity index (χ2v) is 5.76. The molecule has 18 heavy (non-hydrogen) atoms. The Morgan fingerprint density at radius 1 is 1.56 bits per heavy atom. The van der Waals surface area contributed by atoms with Crippen molar-refractivity contribution in [2.24, 2.45) is 5.41 Å². The number of rotatable bonds is 4. The van der Waals surface area contributed by atoms with Gasteiger partial charge in [-0.2, -0.15) is 0 Å². The molecule has 0 amide bonds. The summed E-state index contributed by atoms with van der Waals surface area (Å²) >= 11 is 3.44. The number of hydrogen-bond acceptors (Lipinski definition) is 3. The molecule has 0 bridgehead atoms. The maximum Gasteiger partial charge on any atom is 0.309 e. The van der Waals surface area contributed by atoms with Crippen molar-refractivity contribution in [3.8, 4) is 0 Å². The number of carboxylic acids is 1. The number of carbonyl (C=O) groups is 1. The average molecular weight is 316 g/mol. The number of halogens is 1. The summed E-state index contributed by atoms with van der Waals surface area (Å²) in [4.78, 5) is 13.6. The van der Waals surface area contributed by atoms with E-state index < -0.39 is 11.4 Å². The van der Waals surface area contributed by atoms with Crippen LogP contribution in [0.15, 0.2) is 21.2 Å². The fourth-order valence-electron chi connectivity index (χ4n) is 2.50. The summed E-state index contributed by atoms with van der Waals surface area (Å²) in [5.74, 6) is 0.262. The van der Waals surface area contributed by atoms with Crippen molar-refractivity contribution in [2.75, 3.05) is 13.1 Å². The molecule has 1 aliphatic rings. The average Bonchev–Trinajstić information content (AvgIpc) is 2.76. The number of hydrogen-bond donors (Lipinski definition) is 1. The number of furan rings is 1. The summed E-state index contributed by atoms with van der Waals surface area (Å²) in [6.45, 7) is 4.33. The van der Waals surface area contributed by atoms with Crippen molar-refractivity contribution in [1.29, 1.82) is 0 Å². The van der Waals surface area contributed by atoms with Crippen LogP contribution in [0.2, 0.25) is 0 Å². The maximum absolute atomic E-state index is 11.3. The largest absolute Gasteiger partial charge is 0.481 e. The van der Waals surface area contributed by atoms with Crippen molar-refractivity contribution < 1.29 is 14.3 Å². The third kappa shape index (κ3) is 2.62. The quantitative estimate of drug-likeness (QED) is 0.927. The van der Waals surface area contributed by atoms with Gasteiger partial charge in [0, 0.05) is 0 Å². The van der Waals surface area contributed by atoms with E-state index in [1.165, 1.54) is 0 Å². The van der Waals surface area contributed by atoms with Crippen LogP contribution in [0, 0.1) is 5.41 Å². The summed E-state index contributed by atoms with van der Waals surface area (Å²) in [5, 5.41) is 9.33. The number of likely N-dealkylation sites (tertiary alicyclic amines) is 1. The van der Waals surface area contributed by atoms with Crippen molar-refractivity contribution >= 4 is 21.9 Å². The molecule has 1 aliphatic heterocycles. The number of piperidine rings is 1. The van der Waals surface area contributed by atoms with Crippen molar-refractivity contribution in [1.82, 2.24) is 4.90 Å². The SMILES string of the molecule is CCC1(C(=O)O)CCN(Cc2occc2Br)CC1. The molecule has 1 N–H and O–H groups in total. The Kier molecular flexibility index (Phi) is 4.12. The van der Waals surface area contributed by atoms with Crippen LogP contribution in [0.1, 0.15) is 31.9 Å². The van der Waals surface area contributed by atoms with Gasteiger partial charge in [-0.05, 0) is 54.3 Å². The summed E-state index contributed by atoms with van der Waals surface area (Å²) < 4.78 is 6.37. The first-order chi connectivity index (χ1) is 8.57. The highest BCUT2D eigenvalue weighted by Gasteiger charge is 2.39. The van der Waals surface area contributed by atoms with Gasteiger partial charge in [-0.3, -0.25) is 9.69 Å². The minimum Gasteiger partial charge on any atom is -0.481 e. The molecule has 1 aromatic rings. The van der Waals surface area contributed by atoms with Gasteiger partial charge in [-0.1, -0.05) is 6.92 Å². The topological polar surface area (TPSA) is 53.7 Å². The van der Waals surface area contributed by atoms with E-state index in [-0.39, 0.29) is 0 Å². The van der Waals surface area contributed by atoms with Gasteiger partial charge in [0.15, 0.2) is 0 Å². The fraction of sp³-hybridized carbons (Fsp3) is 0.615. The highest BCUT2D eigenvalue weighted by molar-refractivity contribution is 9.10. The lowest BCUT2D eigenvalue weighted by Crippen LogP contribution is -2.43. The van der Waals surface area contributed by atoms with E-state index in [9.17, 15) is 9.90 Å². The Labute approximate surface area is 115 Å². The molecule has 2 rings (SSSR count). The predicted octanol–water partition coefficient (Wildman–Crippen LogP) is 3.12. The lowest BCUT2D eigenvalue weighted by atomic mass is 9.76. The molecule has 0 spiro atoms. The molecule has 0 saturated carbocycles. The van der Waals surface area contributed by atoms with Gasteiger partial charge in [0.1, 0.15) is 5.76 Å². The number of aliphatic carboxylic acids is 1. The Bertz CT molecular complexity index is 422. The number of nitrogens with zero attached hydrogens (tertiary/aromatic N) is 1. The van der Waals surface area contributed by atoms with E-state index in [2.05, 4.69) is 20.8 Å². The first-order valence-corrected chi connectivity index (χ1v) is 7.04. The van der Waals surface area contributed by atoms with Crippen LogP contribution in [0.3, 0.4) is 0 Å². The molecule has 2 heterocycles. The zero-order chi connectivity index (χ0) is 13.2. The van der Waals surface area contributed by atoms with Crippen molar-refractivity contribution in [2.45, 2.75) is 32.7 Å².